The Kier molecular flexibility index (Phi) is 9.69. The van der Waals surface area contributed by atoms with Crippen LogP contribution in [0.5, 0.6) is 0 Å². The van der Waals surface area contributed by atoms with Gasteiger partial charge in [0.2, 0.25) is 0 Å². The molecule has 0 unspecified atom stereocenters. The van der Waals surface area contributed by atoms with Gasteiger partial charge in [-0.3, -0.25) is 0 Å². The predicted octanol–water partition coefficient (Wildman–Crippen LogP) is -0.408. The summed E-state index contributed by atoms with van der Waals surface area (Å²) in [6, 6.07) is 0. The molecule has 0 aromatic carbocycles. The highest BCUT2D eigenvalue weighted by Crippen LogP contribution is 2.10. The number of carbonyl (C=O) groups is 4. The molecule has 0 bridgehead atoms. The third-order valence-corrected chi connectivity index (χ3v) is 2.71. The summed E-state index contributed by atoms with van der Waals surface area (Å²) in [5.74, 6) is -3.39. The van der Waals surface area contributed by atoms with E-state index < -0.39 is 23.9 Å². The van der Waals surface area contributed by atoms with Gasteiger partial charge in [0, 0.05) is 14.1 Å². The zero-order valence-electron chi connectivity index (χ0n) is 15.2. The molecule has 0 saturated carbocycles. The standard InChI is InChI=1S/C14H20N4O8/c1-17(9(13(21)25-5)7-11(19)23-3)15-16-18(2)10(14(22)26-6)8-12(20)24-4/h7-8H,1-6H3/b9-7+,10-8+,16-15+. The molecule has 144 valence electrons. The van der Waals surface area contributed by atoms with E-state index in [4.69, 9.17) is 0 Å². The molecule has 0 aliphatic rings. The predicted molar refractivity (Wildman–Crippen MR) is 84.6 cm³/mol. The number of methoxy groups -OCH3 is 4. The summed E-state index contributed by atoms with van der Waals surface area (Å²) in [6.45, 7) is 0. The Bertz CT molecular complexity index is 587. The van der Waals surface area contributed by atoms with Crippen molar-refractivity contribution in [3.63, 3.8) is 0 Å². The maximum Gasteiger partial charge on any atom is 0.356 e. The van der Waals surface area contributed by atoms with Crippen LogP contribution in [0.2, 0.25) is 0 Å². The fraction of sp³-hybridized carbons (Fsp3) is 0.429. The van der Waals surface area contributed by atoms with E-state index in [9.17, 15) is 19.2 Å². The average molecular weight is 372 g/mol. The molecule has 0 heterocycles. The highest BCUT2D eigenvalue weighted by atomic mass is 16.5. The summed E-state index contributed by atoms with van der Waals surface area (Å²) in [5, 5.41) is 9.13. The average Bonchev–Trinajstić information content (AvgIpc) is 2.65. The number of likely N-dealkylation sites (N-methyl/N-ethyl adjacent to an activating group) is 2. The second-order valence-electron chi connectivity index (χ2n) is 4.31. The number of hydrogen-bond donors (Lipinski definition) is 0. The van der Waals surface area contributed by atoms with Crippen molar-refractivity contribution < 1.29 is 38.1 Å². The van der Waals surface area contributed by atoms with E-state index in [1.54, 1.807) is 0 Å². The minimum atomic E-state index is -0.877. The molecule has 0 saturated heterocycles. The number of nitrogens with zero attached hydrogens (tertiary/aromatic N) is 4. The summed E-state index contributed by atoms with van der Waals surface area (Å²) in [5.41, 5.74) is -0.568. The molecule has 0 spiro atoms. The molecule has 0 aromatic rings. The van der Waals surface area contributed by atoms with Crippen LogP contribution < -0.4 is 0 Å². The smallest absolute Gasteiger partial charge is 0.356 e. The Balaban J connectivity index is 5.57. The number of carbonyl (C=O) groups excluding carboxylic acids is 4. The fourth-order valence-corrected chi connectivity index (χ4v) is 1.34. The fourth-order valence-electron chi connectivity index (χ4n) is 1.34. The molecule has 0 aromatic heterocycles. The van der Waals surface area contributed by atoms with Crippen LogP contribution in [0.1, 0.15) is 0 Å². The monoisotopic (exact) mass is 372 g/mol. The molecule has 26 heavy (non-hydrogen) atoms. The van der Waals surface area contributed by atoms with Crippen molar-refractivity contribution in [1.82, 2.24) is 10.0 Å². The van der Waals surface area contributed by atoms with E-state index in [0.717, 1.165) is 50.6 Å². The molecule has 0 aliphatic heterocycles. The van der Waals surface area contributed by atoms with Gasteiger partial charge in [-0.25, -0.2) is 29.2 Å². The summed E-state index contributed by atoms with van der Waals surface area (Å²) < 4.78 is 17.9. The first kappa shape index (κ1) is 22.6. The first-order valence-corrected chi connectivity index (χ1v) is 6.86. The topological polar surface area (TPSA) is 136 Å². The second-order valence-corrected chi connectivity index (χ2v) is 4.31. The van der Waals surface area contributed by atoms with Crippen LogP contribution in [0.4, 0.5) is 0 Å². The number of rotatable bonds is 8. The zero-order chi connectivity index (χ0) is 20.3. The third-order valence-electron chi connectivity index (χ3n) is 2.71. The molecule has 0 atom stereocenters. The highest BCUT2D eigenvalue weighted by molar-refractivity contribution is 5.96. The van der Waals surface area contributed by atoms with Crippen LogP contribution in [0.3, 0.4) is 0 Å². The van der Waals surface area contributed by atoms with Gasteiger partial charge in [-0.15, -0.1) is 0 Å². The lowest BCUT2D eigenvalue weighted by Gasteiger charge is -2.17. The van der Waals surface area contributed by atoms with E-state index in [2.05, 4.69) is 29.4 Å². The zero-order valence-corrected chi connectivity index (χ0v) is 15.2. The minimum Gasteiger partial charge on any atom is -0.466 e. The lowest BCUT2D eigenvalue weighted by atomic mass is 10.4. The number of ether oxygens (including phenoxy) is 4. The van der Waals surface area contributed by atoms with E-state index >= 15 is 0 Å². The maximum atomic E-state index is 11.7. The van der Waals surface area contributed by atoms with Gasteiger partial charge in [0.05, 0.1) is 40.6 Å². The van der Waals surface area contributed by atoms with Crippen LogP contribution in [0, 0.1) is 0 Å². The van der Waals surface area contributed by atoms with Crippen LogP contribution in [0.15, 0.2) is 34.0 Å². The summed E-state index contributed by atoms with van der Waals surface area (Å²) >= 11 is 0. The van der Waals surface area contributed by atoms with Gasteiger partial charge in [0.25, 0.3) is 0 Å². The number of esters is 4. The van der Waals surface area contributed by atoms with Gasteiger partial charge in [0.1, 0.15) is 0 Å². The van der Waals surface area contributed by atoms with E-state index in [-0.39, 0.29) is 11.4 Å². The lowest BCUT2D eigenvalue weighted by Crippen LogP contribution is -2.24. The van der Waals surface area contributed by atoms with Gasteiger partial charge < -0.3 is 18.9 Å². The van der Waals surface area contributed by atoms with Gasteiger partial charge in [-0.1, -0.05) is 0 Å². The van der Waals surface area contributed by atoms with Crippen LogP contribution in [-0.4, -0.2) is 76.4 Å². The Morgan fingerprint density at radius 1 is 0.654 bits per heavy atom. The molecule has 0 aliphatic carbocycles. The van der Waals surface area contributed by atoms with E-state index in [0.29, 0.717) is 0 Å². The van der Waals surface area contributed by atoms with Gasteiger partial charge in [0.15, 0.2) is 11.4 Å². The molecule has 0 radical (unpaired) electrons. The normalized spacial score (nSPS) is 11.6. The lowest BCUT2D eigenvalue weighted by molar-refractivity contribution is -0.140. The Labute approximate surface area is 149 Å². The van der Waals surface area contributed by atoms with E-state index in [1.165, 1.54) is 14.1 Å². The number of hydrogen-bond acceptors (Lipinski definition) is 10. The van der Waals surface area contributed by atoms with Crippen molar-refractivity contribution in [3.05, 3.63) is 23.5 Å². The molecule has 0 fully saturated rings. The SMILES string of the molecule is COC(=O)/C=C(\C(=O)OC)N(C)/N=N/N(C)/C(=C/C(=O)OC)C(=O)OC. The molecule has 0 amide bonds. The van der Waals surface area contributed by atoms with Crippen molar-refractivity contribution >= 4 is 23.9 Å². The second kappa shape index (κ2) is 11.2. The molecule has 0 N–H and O–H groups in total. The largest absolute Gasteiger partial charge is 0.466 e. The van der Waals surface area contributed by atoms with Crippen molar-refractivity contribution in [3.8, 4) is 0 Å². The van der Waals surface area contributed by atoms with Gasteiger partial charge in [-0.05, 0) is 10.4 Å². The molecular formula is C14H20N4O8. The highest BCUT2D eigenvalue weighted by Gasteiger charge is 2.20. The maximum absolute atomic E-state index is 11.7. The van der Waals surface area contributed by atoms with Crippen LogP contribution in [-0.2, 0) is 38.1 Å². The third kappa shape index (κ3) is 6.98. The van der Waals surface area contributed by atoms with Gasteiger partial charge in [-0.2, -0.15) is 0 Å². The summed E-state index contributed by atoms with van der Waals surface area (Å²) in [4.78, 5) is 46.1. The van der Waals surface area contributed by atoms with E-state index in [1.807, 2.05) is 0 Å². The van der Waals surface area contributed by atoms with Crippen LogP contribution in [0.25, 0.3) is 0 Å². The van der Waals surface area contributed by atoms with Crippen molar-refractivity contribution in [2.45, 2.75) is 0 Å². The Morgan fingerprint density at radius 2 is 0.962 bits per heavy atom. The first-order chi connectivity index (χ1) is 12.2. The quantitative estimate of drug-likeness (QED) is 0.182. The first-order valence-electron chi connectivity index (χ1n) is 6.86. The molecule has 12 nitrogen and oxygen atoms in total. The van der Waals surface area contributed by atoms with Crippen molar-refractivity contribution in [2.24, 2.45) is 10.4 Å². The molecule has 12 heteroatoms. The van der Waals surface area contributed by atoms with Crippen molar-refractivity contribution in [1.29, 1.82) is 0 Å². The van der Waals surface area contributed by atoms with Crippen LogP contribution >= 0.6 is 0 Å². The Hall–Kier alpha value is -3.44. The molecule has 0 rings (SSSR count). The summed E-state index contributed by atoms with van der Waals surface area (Å²) in [6.07, 6.45) is 1.69. The van der Waals surface area contributed by atoms with Crippen molar-refractivity contribution in [2.75, 3.05) is 42.5 Å². The van der Waals surface area contributed by atoms with Gasteiger partial charge >= 0.3 is 23.9 Å². The Morgan fingerprint density at radius 3 is 1.19 bits per heavy atom. The molecular weight excluding hydrogens is 352 g/mol. The minimum absolute atomic E-state index is 0.284. The summed E-state index contributed by atoms with van der Waals surface area (Å²) in [7, 11) is 7.07.